The van der Waals surface area contributed by atoms with E-state index in [-0.39, 0.29) is 0 Å². The maximum absolute atomic E-state index is 5.31. The lowest BCUT2D eigenvalue weighted by molar-refractivity contribution is 0.184. The minimum absolute atomic E-state index is 0.402. The van der Waals surface area contributed by atoms with Crippen LogP contribution in [0.1, 0.15) is 19.0 Å². The SMILES string of the molecule is COCCC(C)NCc1c(OC)nc2sccn12. The van der Waals surface area contributed by atoms with E-state index in [1.54, 1.807) is 25.6 Å². The van der Waals surface area contributed by atoms with E-state index >= 15 is 0 Å². The number of nitrogens with zero attached hydrogens (tertiary/aromatic N) is 2. The van der Waals surface area contributed by atoms with Crippen LogP contribution in [0.5, 0.6) is 5.88 Å². The molecule has 2 rings (SSSR count). The smallest absolute Gasteiger partial charge is 0.237 e. The molecular formula is C12H19N3O2S. The Balaban J connectivity index is 2.03. The Bertz CT molecular complexity index is 494. The van der Waals surface area contributed by atoms with Crippen LogP contribution in [0, 0.1) is 0 Å². The first-order valence-corrected chi connectivity index (χ1v) is 6.85. The van der Waals surface area contributed by atoms with Crippen molar-refractivity contribution < 1.29 is 9.47 Å². The third-order valence-electron chi connectivity index (χ3n) is 2.89. The van der Waals surface area contributed by atoms with Crippen molar-refractivity contribution in [1.82, 2.24) is 14.7 Å². The highest BCUT2D eigenvalue weighted by atomic mass is 32.1. The normalized spacial score (nSPS) is 13.1. The topological polar surface area (TPSA) is 47.8 Å². The first-order valence-electron chi connectivity index (χ1n) is 5.97. The van der Waals surface area contributed by atoms with Crippen LogP contribution in [0.3, 0.4) is 0 Å². The molecule has 0 spiro atoms. The molecule has 0 saturated carbocycles. The molecule has 0 radical (unpaired) electrons. The summed E-state index contributed by atoms with van der Waals surface area (Å²) in [6.45, 7) is 3.66. The fourth-order valence-corrected chi connectivity index (χ4v) is 2.53. The first kappa shape index (κ1) is 13.3. The van der Waals surface area contributed by atoms with Gasteiger partial charge in [0.15, 0.2) is 4.96 Å². The summed E-state index contributed by atoms with van der Waals surface area (Å²) in [5, 5.41) is 5.49. The molecule has 2 aromatic rings. The predicted octanol–water partition coefficient (Wildman–Crippen LogP) is 1.92. The van der Waals surface area contributed by atoms with E-state index in [1.807, 2.05) is 11.6 Å². The molecule has 0 aliphatic carbocycles. The molecule has 6 heteroatoms. The number of hydrogen-bond donors (Lipinski definition) is 1. The summed E-state index contributed by atoms with van der Waals surface area (Å²) < 4.78 is 12.5. The van der Waals surface area contributed by atoms with Crippen molar-refractivity contribution in [2.45, 2.75) is 25.9 Å². The van der Waals surface area contributed by atoms with Gasteiger partial charge >= 0.3 is 0 Å². The Hall–Kier alpha value is -1.11. The van der Waals surface area contributed by atoms with E-state index in [9.17, 15) is 0 Å². The fraction of sp³-hybridized carbons (Fsp3) is 0.583. The third kappa shape index (κ3) is 2.82. The van der Waals surface area contributed by atoms with Crippen molar-refractivity contribution in [3.63, 3.8) is 0 Å². The van der Waals surface area contributed by atoms with Gasteiger partial charge in [0.2, 0.25) is 5.88 Å². The summed E-state index contributed by atoms with van der Waals surface area (Å²) in [5.74, 6) is 0.702. The van der Waals surface area contributed by atoms with Crippen LogP contribution in [0.2, 0.25) is 0 Å². The molecule has 18 heavy (non-hydrogen) atoms. The Kier molecular flexibility index (Phi) is 4.57. The molecule has 0 aliphatic rings. The van der Waals surface area contributed by atoms with Crippen LogP contribution in [-0.2, 0) is 11.3 Å². The number of aromatic nitrogens is 2. The van der Waals surface area contributed by atoms with Gasteiger partial charge in [-0.1, -0.05) is 0 Å². The molecular weight excluding hydrogens is 250 g/mol. The van der Waals surface area contributed by atoms with Crippen LogP contribution in [-0.4, -0.2) is 36.3 Å². The summed E-state index contributed by atoms with van der Waals surface area (Å²) >= 11 is 1.61. The van der Waals surface area contributed by atoms with Crippen LogP contribution >= 0.6 is 11.3 Å². The van der Waals surface area contributed by atoms with Crippen LogP contribution in [0.25, 0.3) is 4.96 Å². The number of fused-ring (bicyclic) bond motifs is 1. The molecule has 0 aliphatic heterocycles. The summed E-state index contributed by atoms with van der Waals surface area (Å²) in [6, 6.07) is 0.402. The molecule has 0 amide bonds. The molecule has 0 bridgehead atoms. The predicted molar refractivity (Wildman–Crippen MR) is 72.4 cm³/mol. The van der Waals surface area contributed by atoms with Crippen molar-refractivity contribution in [3.05, 3.63) is 17.3 Å². The lowest BCUT2D eigenvalue weighted by Crippen LogP contribution is -2.27. The maximum atomic E-state index is 5.31. The quantitative estimate of drug-likeness (QED) is 0.834. The number of imidazole rings is 1. The highest BCUT2D eigenvalue weighted by Crippen LogP contribution is 2.22. The van der Waals surface area contributed by atoms with Crippen LogP contribution in [0.4, 0.5) is 0 Å². The number of rotatable bonds is 7. The number of thiazole rings is 1. The zero-order valence-electron chi connectivity index (χ0n) is 11.0. The molecule has 0 fully saturated rings. The lowest BCUT2D eigenvalue weighted by Gasteiger charge is -2.13. The highest BCUT2D eigenvalue weighted by molar-refractivity contribution is 7.15. The summed E-state index contributed by atoms with van der Waals surface area (Å²) in [6.07, 6.45) is 3.01. The zero-order chi connectivity index (χ0) is 13.0. The Morgan fingerprint density at radius 3 is 3.06 bits per heavy atom. The Morgan fingerprint density at radius 1 is 1.50 bits per heavy atom. The lowest BCUT2D eigenvalue weighted by atomic mass is 10.2. The molecule has 1 unspecified atom stereocenters. The van der Waals surface area contributed by atoms with Crippen molar-refractivity contribution in [1.29, 1.82) is 0 Å². The molecule has 0 aromatic carbocycles. The summed E-state index contributed by atoms with van der Waals surface area (Å²) in [7, 11) is 3.38. The number of methoxy groups -OCH3 is 2. The van der Waals surface area contributed by atoms with Crippen molar-refractivity contribution in [3.8, 4) is 5.88 Å². The largest absolute Gasteiger partial charge is 0.480 e. The van der Waals surface area contributed by atoms with Crippen molar-refractivity contribution >= 4 is 16.3 Å². The van der Waals surface area contributed by atoms with Gasteiger partial charge in [0.25, 0.3) is 0 Å². The van der Waals surface area contributed by atoms with E-state index in [1.165, 1.54) is 0 Å². The number of nitrogens with one attached hydrogen (secondary N) is 1. The van der Waals surface area contributed by atoms with Gasteiger partial charge in [-0.25, -0.2) is 0 Å². The average Bonchev–Trinajstić information content (AvgIpc) is 2.94. The van der Waals surface area contributed by atoms with Gasteiger partial charge in [-0.3, -0.25) is 4.40 Å². The highest BCUT2D eigenvalue weighted by Gasteiger charge is 2.14. The summed E-state index contributed by atoms with van der Waals surface area (Å²) in [5.41, 5.74) is 1.07. The molecule has 2 aromatic heterocycles. The molecule has 1 N–H and O–H groups in total. The second-order valence-corrected chi connectivity index (χ2v) is 5.06. The van der Waals surface area contributed by atoms with Gasteiger partial charge in [0, 0.05) is 37.9 Å². The van der Waals surface area contributed by atoms with Gasteiger partial charge in [-0.05, 0) is 13.3 Å². The van der Waals surface area contributed by atoms with E-state index in [4.69, 9.17) is 9.47 Å². The minimum Gasteiger partial charge on any atom is -0.480 e. The van der Waals surface area contributed by atoms with Gasteiger partial charge in [-0.15, -0.1) is 11.3 Å². The van der Waals surface area contributed by atoms with Crippen LogP contribution in [0.15, 0.2) is 11.6 Å². The van der Waals surface area contributed by atoms with Gasteiger partial charge < -0.3 is 14.8 Å². The molecule has 0 saturated heterocycles. The zero-order valence-corrected chi connectivity index (χ0v) is 11.8. The summed E-state index contributed by atoms with van der Waals surface area (Å²) in [4.78, 5) is 5.39. The standard InChI is InChI=1S/C12H19N3O2S/c1-9(4-6-16-2)13-8-10-11(17-3)14-12-15(10)5-7-18-12/h5,7,9,13H,4,6,8H2,1-3H3. The average molecular weight is 269 g/mol. The Morgan fingerprint density at radius 2 is 2.33 bits per heavy atom. The Labute approximate surface area is 111 Å². The second kappa shape index (κ2) is 6.17. The number of ether oxygens (including phenoxy) is 2. The van der Waals surface area contributed by atoms with Crippen LogP contribution < -0.4 is 10.1 Å². The van der Waals surface area contributed by atoms with Gasteiger partial charge in [0.1, 0.15) is 5.69 Å². The van der Waals surface area contributed by atoms with Gasteiger partial charge in [-0.2, -0.15) is 4.98 Å². The maximum Gasteiger partial charge on any atom is 0.237 e. The second-order valence-electron chi connectivity index (χ2n) is 4.19. The molecule has 5 nitrogen and oxygen atoms in total. The van der Waals surface area contributed by atoms with E-state index in [0.29, 0.717) is 11.9 Å². The molecule has 2 heterocycles. The van der Waals surface area contributed by atoms with Crippen molar-refractivity contribution in [2.24, 2.45) is 0 Å². The minimum atomic E-state index is 0.402. The molecule has 100 valence electrons. The third-order valence-corrected chi connectivity index (χ3v) is 3.65. The fourth-order valence-electron chi connectivity index (χ4n) is 1.80. The monoisotopic (exact) mass is 269 g/mol. The molecule has 1 atom stereocenters. The van der Waals surface area contributed by atoms with Gasteiger partial charge in [0.05, 0.1) is 7.11 Å². The van der Waals surface area contributed by atoms with E-state index in [2.05, 4.69) is 21.6 Å². The van der Waals surface area contributed by atoms with E-state index < -0.39 is 0 Å². The number of hydrogen-bond acceptors (Lipinski definition) is 5. The van der Waals surface area contributed by atoms with Crippen molar-refractivity contribution in [2.75, 3.05) is 20.8 Å². The first-order chi connectivity index (χ1) is 8.76. The van der Waals surface area contributed by atoms with E-state index in [0.717, 1.165) is 30.2 Å².